The second-order valence-corrected chi connectivity index (χ2v) is 7.77. The first-order chi connectivity index (χ1) is 15.1. The van der Waals surface area contributed by atoms with Crippen LogP contribution in [-0.2, 0) is 0 Å². The highest BCUT2D eigenvalue weighted by Gasteiger charge is 2.17. The normalized spacial score (nSPS) is 11.0. The van der Waals surface area contributed by atoms with Gasteiger partial charge in [-0.3, -0.25) is 4.79 Å². The van der Waals surface area contributed by atoms with E-state index in [1.54, 1.807) is 36.1 Å². The zero-order chi connectivity index (χ0) is 21.4. The second-order valence-electron chi connectivity index (χ2n) is 6.93. The monoisotopic (exact) mass is 430 g/mol. The van der Waals surface area contributed by atoms with Crippen molar-refractivity contribution in [3.8, 4) is 22.3 Å². The minimum atomic E-state index is -0.238. The molecule has 8 heteroatoms. The number of nitrogens with zero attached hydrogens (tertiary/aromatic N) is 3. The van der Waals surface area contributed by atoms with Gasteiger partial charge in [-0.15, -0.1) is 11.3 Å². The molecule has 0 atom stereocenters. The Morgan fingerprint density at radius 1 is 1.13 bits per heavy atom. The predicted molar refractivity (Wildman–Crippen MR) is 120 cm³/mol. The molecule has 0 spiro atoms. The highest BCUT2D eigenvalue weighted by atomic mass is 32.1. The number of aryl methyl sites for hydroxylation is 1. The number of carbonyl (C=O) groups excluding carboxylic acids is 1. The smallest absolute Gasteiger partial charge is 0.256 e. The Morgan fingerprint density at radius 2 is 1.94 bits per heavy atom. The average Bonchev–Trinajstić information content (AvgIpc) is 3.51. The zero-order valence-electron chi connectivity index (χ0n) is 16.8. The summed E-state index contributed by atoms with van der Waals surface area (Å²) in [5, 5.41) is 11.0. The fraction of sp³-hybridized carbons (Fsp3) is 0.0870. The molecule has 5 rings (SSSR count). The summed E-state index contributed by atoms with van der Waals surface area (Å²) >= 11 is 1.42. The summed E-state index contributed by atoms with van der Waals surface area (Å²) in [5.74, 6) is 1.69. The molecule has 0 fully saturated rings. The molecule has 0 aliphatic heterocycles. The molecule has 0 aliphatic rings. The molecule has 7 nitrogen and oxygen atoms in total. The quantitative estimate of drug-likeness (QED) is 0.409. The van der Waals surface area contributed by atoms with E-state index in [2.05, 4.69) is 15.4 Å². The van der Waals surface area contributed by atoms with E-state index in [1.807, 2.05) is 48.7 Å². The first kappa shape index (κ1) is 19.1. The molecule has 0 saturated carbocycles. The van der Waals surface area contributed by atoms with Crippen LogP contribution in [0.5, 0.6) is 5.75 Å². The van der Waals surface area contributed by atoms with Crippen LogP contribution in [0, 0.1) is 6.92 Å². The number of fused-ring (bicyclic) bond motifs is 1. The van der Waals surface area contributed by atoms with Crippen molar-refractivity contribution in [2.24, 2.45) is 0 Å². The van der Waals surface area contributed by atoms with E-state index >= 15 is 0 Å². The number of furan rings is 1. The Kier molecular flexibility index (Phi) is 4.76. The molecule has 3 heterocycles. The molecule has 0 radical (unpaired) electrons. The summed E-state index contributed by atoms with van der Waals surface area (Å²) in [6, 6.07) is 18.5. The highest BCUT2D eigenvalue weighted by molar-refractivity contribution is 7.12. The Morgan fingerprint density at radius 3 is 2.71 bits per heavy atom. The standard InChI is InChI=1S/C23H18N4O3S/c1-14-11-21(25-22(28)15-7-9-17(29-2)10-8-15)27(26-14)23-24-18(13-31-23)20-12-16-5-3-4-6-19(16)30-20/h3-13H,1-2H3,(H,25,28). The van der Waals surface area contributed by atoms with Gasteiger partial charge in [-0.1, -0.05) is 18.2 Å². The number of thiazole rings is 1. The van der Waals surface area contributed by atoms with E-state index in [0.29, 0.717) is 28.0 Å². The molecule has 1 amide bonds. The molecule has 0 saturated heterocycles. The number of rotatable bonds is 5. The van der Waals surface area contributed by atoms with Crippen LogP contribution in [0.25, 0.3) is 27.6 Å². The van der Waals surface area contributed by atoms with E-state index in [1.165, 1.54) is 11.3 Å². The molecule has 31 heavy (non-hydrogen) atoms. The largest absolute Gasteiger partial charge is 0.497 e. The Hall–Kier alpha value is -3.91. The van der Waals surface area contributed by atoms with Gasteiger partial charge in [-0.05, 0) is 43.3 Å². The number of hydrogen-bond donors (Lipinski definition) is 1. The summed E-state index contributed by atoms with van der Waals surface area (Å²) in [5.41, 5.74) is 2.82. The maximum Gasteiger partial charge on any atom is 0.256 e. The fourth-order valence-electron chi connectivity index (χ4n) is 3.25. The summed E-state index contributed by atoms with van der Waals surface area (Å²) < 4.78 is 12.7. The number of benzene rings is 2. The van der Waals surface area contributed by atoms with Crippen LogP contribution in [0.3, 0.4) is 0 Å². The Labute approximate surface area is 181 Å². The van der Waals surface area contributed by atoms with Gasteiger partial charge < -0.3 is 14.5 Å². The molecular formula is C23H18N4O3S. The molecule has 154 valence electrons. The van der Waals surface area contributed by atoms with Crippen LogP contribution >= 0.6 is 11.3 Å². The molecule has 5 aromatic rings. The van der Waals surface area contributed by atoms with Crippen LogP contribution in [0.4, 0.5) is 5.82 Å². The maximum absolute atomic E-state index is 12.7. The van der Waals surface area contributed by atoms with Gasteiger partial charge in [-0.2, -0.15) is 9.78 Å². The van der Waals surface area contributed by atoms with E-state index in [0.717, 1.165) is 22.4 Å². The first-order valence-electron chi connectivity index (χ1n) is 9.57. The van der Waals surface area contributed by atoms with E-state index in [9.17, 15) is 4.79 Å². The lowest BCUT2D eigenvalue weighted by Gasteiger charge is -2.07. The van der Waals surface area contributed by atoms with Crippen LogP contribution < -0.4 is 10.1 Å². The number of anilines is 1. The van der Waals surface area contributed by atoms with Crippen LogP contribution in [0.1, 0.15) is 16.1 Å². The summed E-state index contributed by atoms with van der Waals surface area (Å²) in [4.78, 5) is 17.4. The van der Waals surface area contributed by atoms with Gasteiger partial charge in [0, 0.05) is 22.4 Å². The molecule has 2 aromatic carbocycles. The van der Waals surface area contributed by atoms with E-state index in [4.69, 9.17) is 9.15 Å². The van der Waals surface area contributed by atoms with Crippen molar-refractivity contribution in [3.63, 3.8) is 0 Å². The van der Waals surface area contributed by atoms with Crippen LogP contribution in [0.15, 0.2) is 70.5 Å². The lowest BCUT2D eigenvalue weighted by molar-refractivity contribution is 0.102. The third kappa shape index (κ3) is 3.69. The third-order valence-electron chi connectivity index (χ3n) is 4.78. The minimum absolute atomic E-state index is 0.238. The number of amides is 1. The molecule has 3 aromatic heterocycles. The maximum atomic E-state index is 12.7. The Balaban J connectivity index is 1.43. The third-order valence-corrected chi connectivity index (χ3v) is 5.59. The highest BCUT2D eigenvalue weighted by Crippen LogP contribution is 2.30. The first-order valence-corrected chi connectivity index (χ1v) is 10.5. The van der Waals surface area contributed by atoms with Gasteiger partial charge in [0.25, 0.3) is 5.91 Å². The van der Waals surface area contributed by atoms with Crippen molar-refractivity contribution < 1.29 is 13.9 Å². The molecular weight excluding hydrogens is 412 g/mol. The average molecular weight is 430 g/mol. The number of ether oxygens (including phenoxy) is 1. The van der Waals surface area contributed by atoms with Crippen LogP contribution in [0.2, 0.25) is 0 Å². The van der Waals surface area contributed by atoms with Crippen LogP contribution in [-0.4, -0.2) is 27.8 Å². The minimum Gasteiger partial charge on any atom is -0.497 e. The van der Waals surface area contributed by atoms with Gasteiger partial charge in [0.2, 0.25) is 5.13 Å². The van der Waals surface area contributed by atoms with Gasteiger partial charge in [-0.25, -0.2) is 4.98 Å². The van der Waals surface area contributed by atoms with Gasteiger partial charge >= 0.3 is 0 Å². The van der Waals surface area contributed by atoms with E-state index in [-0.39, 0.29) is 5.91 Å². The number of methoxy groups -OCH3 is 1. The second kappa shape index (κ2) is 7.73. The van der Waals surface area contributed by atoms with Gasteiger partial charge in [0.1, 0.15) is 22.8 Å². The summed E-state index contributed by atoms with van der Waals surface area (Å²) in [7, 11) is 1.59. The number of hydrogen-bond acceptors (Lipinski definition) is 6. The molecule has 0 unspecified atom stereocenters. The van der Waals surface area contributed by atoms with Crippen molar-refractivity contribution in [1.29, 1.82) is 0 Å². The SMILES string of the molecule is COc1ccc(C(=O)Nc2cc(C)nn2-c2nc(-c3cc4ccccc4o3)cs2)cc1. The Bertz CT molecular complexity index is 1350. The van der Waals surface area contributed by atoms with E-state index < -0.39 is 0 Å². The van der Waals surface area contributed by atoms with Crippen molar-refractivity contribution in [3.05, 3.63) is 77.3 Å². The number of nitrogens with one attached hydrogen (secondary N) is 1. The predicted octanol–water partition coefficient (Wildman–Crippen LogP) is 5.31. The fourth-order valence-corrected chi connectivity index (χ4v) is 4.02. The molecule has 1 N–H and O–H groups in total. The van der Waals surface area contributed by atoms with Crippen molar-refractivity contribution in [1.82, 2.24) is 14.8 Å². The van der Waals surface area contributed by atoms with Crippen molar-refractivity contribution >= 4 is 34.0 Å². The van der Waals surface area contributed by atoms with Gasteiger partial charge in [0.15, 0.2) is 5.76 Å². The topological polar surface area (TPSA) is 82.2 Å². The zero-order valence-corrected chi connectivity index (χ0v) is 17.6. The number of para-hydroxylation sites is 1. The molecule has 0 aliphatic carbocycles. The van der Waals surface area contributed by atoms with Crippen molar-refractivity contribution in [2.45, 2.75) is 6.92 Å². The lowest BCUT2D eigenvalue weighted by atomic mass is 10.2. The van der Waals surface area contributed by atoms with Gasteiger partial charge in [0.05, 0.1) is 12.8 Å². The number of carbonyl (C=O) groups is 1. The summed E-state index contributed by atoms with van der Waals surface area (Å²) in [6.45, 7) is 1.87. The lowest BCUT2D eigenvalue weighted by Crippen LogP contribution is -2.15. The summed E-state index contributed by atoms with van der Waals surface area (Å²) in [6.07, 6.45) is 0. The number of aromatic nitrogens is 3. The van der Waals surface area contributed by atoms with Crippen molar-refractivity contribution in [2.75, 3.05) is 12.4 Å². The molecule has 0 bridgehead atoms.